The Morgan fingerprint density at radius 1 is 1.32 bits per heavy atom. The molecule has 25 heavy (non-hydrogen) atoms. The van der Waals surface area contributed by atoms with Gasteiger partial charge < -0.3 is 10.2 Å². The van der Waals surface area contributed by atoms with Crippen molar-refractivity contribution in [3.05, 3.63) is 45.8 Å². The van der Waals surface area contributed by atoms with Crippen molar-refractivity contribution >= 4 is 39.5 Å². The highest BCUT2D eigenvalue weighted by Gasteiger charge is 2.21. The fourth-order valence-electron chi connectivity index (χ4n) is 2.93. The van der Waals surface area contributed by atoms with E-state index in [0.29, 0.717) is 17.1 Å². The minimum atomic E-state index is -0.0775. The van der Waals surface area contributed by atoms with Crippen LogP contribution in [0.15, 0.2) is 29.6 Å². The number of benzene rings is 1. The van der Waals surface area contributed by atoms with Crippen LogP contribution >= 0.6 is 22.9 Å². The fourth-order valence-corrected chi connectivity index (χ4v) is 3.85. The highest BCUT2D eigenvalue weighted by Crippen LogP contribution is 2.25. The van der Waals surface area contributed by atoms with Crippen LogP contribution in [0.2, 0.25) is 5.02 Å². The molecule has 2 aromatic rings. The van der Waals surface area contributed by atoms with Gasteiger partial charge in [0.05, 0.1) is 12.1 Å². The number of rotatable bonds is 4. The number of amides is 1. The highest BCUT2D eigenvalue weighted by atomic mass is 35.5. The number of hydrogen-bond acceptors (Lipinski definition) is 5. The summed E-state index contributed by atoms with van der Waals surface area (Å²) in [4.78, 5) is 16.6. The van der Waals surface area contributed by atoms with Crippen LogP contribution in [0, 0.1) is 18.3 Å². The summed E-state index contributed by atoms with van der Waals surface area (Å²) in [5.41, 5.74) is 2.88. The zero-order valence-corrected chi connectivity index (χ0v) is 15.5. The molecule has 7 heteroatoms. The smallest absolute Gasteiger partial charge is 0.239 e. The van der Waals surface area contributed by atoms with Crippen molar-refractivity contribution in [3.63, 3.8) is 0 Å². The second-order valence-corrected chi connectivity index (χ2v) is 7.37. The van der Waals surface area contributed by atoms with Crippen LogP contribution in [-0.2, 0) is 4.79 Å². The largest absolute Gasteiger partial charge is 0.369 e. The van der Waals surface area contributed by atoms with E-state index in [2.05, 4.69) is 28.1 Å². The van der Waals surface area contributed by atoms with Crippen molar-refractivity contribution in [1.82, 2.24) is 4.90 Å². The van der Waals surface area contributed by atoms with Crippen LogP contribution in [0.1, 0.15) is 11.1 Å². The number of nitrogens with zero attached hydrogens (tertiary/aromatic N) is 3. The standard InChI is InChI=1S/C18H19ClN4OS/c1-13-2-3-15(19)10-16(13)23-7-5-22(6-8-23)12-17(24)21-18-14(11-20)4-9-25-18/h2-4,9-10H,5-8,12H2,1H3,(H,21,24). The van der Waals surface area contributed by atoms with Gasteiger partial charge in [-0.2, -0.15) is 5.26 Å². The highest BCUT2D eigenvalue weighted by molar-refractivity contribution is 7.14. The Kier molecular flexibility index (Phi) is 5.59. The van der Waals surface area contributed by atoms with Gasteiger partial charge in [-0.15, -0.1) is 11.3 Å². The lowest BCUT2D eigenvalue weighted by atomic mass is 10.1. The molecule has 2 heterocycles. The van der Waals surface area contributed by atoms with Crippen LogP contribution in [0.4, 0.5) is 10.7 Å². The van der Waals surface area contributed by atoms with Gasteiger partial charge in [-0.3, -0.25) is 9.69 Å². The van der Waals surface area contributed by atoms with E-state index in [0.717, 1.165) is 36.9 Å². The lowest BCUT2D eigenvalue weighted by Crippen LogP contribution is -2.48. The number of halogens is 1. The molecule has 1 aromatic heterocycles. The summed E-state index contributed by atoms with van der Waals surface area (Å²) < 4.78 is 0. The molecule has 0 unspecified atom stereocenters. The third kappa shape index (κ3) is 4.31. The average molecular weight is 375 g/mol. The maximum atomic E-state index is 12.2. The number of aryl methyl sites for hydroxylation is 1. The lowest BCUT2D eigenvalue weighted by molar-refractivity contribution is -0.117. The summed E-state index contributed by atoms with van der Waals surface area (Å²) in [5, 5.41) is 15.0. The number of nitrogens with one attached hydrogen (secondary N) is 1. The molecule has 1 fully saturated rings. The summed E-state index contributed by atoms with van der Waals surface area (Å²) >= 11 is 7.49. The third-order valence-electron chi connectivity index (χ3n) is 4.29. The summed E-state index contributed by atoms with van der Waals surface area (Å²) in [6, 6.07) is 9.73. The summed E-state index contributed by atoms with van der Waals surface area (Å²) in [6.45, 7) is 5.77. The van der Waals surface area contributed by atoms with Gasteiger partial charge in [0.1, 0.15) is 11.1 Å². The minimum absolute atomic E-state index is 0.0775. The molecule has 1 aromatic carbocycles. The molecule has 1 aliphatic rings. The molecule has 0 atom stereocenters. The fraction of sp³-hybridized carbons (Fsp3) is 0.333. The maximum Gasteiger partial charge on any atom is 0.239 e. The Bertz CT molecular complexity index is 806. The molecule has 0 bridgehead atoms. The van der Waals surface area contributed by atoms with Crippen LogP contribution in [0.25, 0.3) is 0 Å². The number of carbonyl (C=O) groups is 1. The molecule has 130 valence electrons. The molecule has 0 saturated carbocycles. The van der Waals surface area contributed by atoms with Gasteiger partial charge >= 0.3 is 0 Å². The van der Waals surface area contributed by atoms with Gasteiger partial charge in [0, 0.05) is 36.9 Å². The van der Waals surface area contributed by atoms with Crippen LogP contribution in [0.5, 0.6) is 0 Å². The van der Waals surface area contributed by atoms with Gasteiger partial charge in [0.25, 0.3) is 0 Å². The van der Waals surface area contributed by atoms with Gasteiger partial charge in [0.2, 0.25) is 5.91 Å². The number of carbonyl (C=O) groups excluding carboxylic acids is 1. The lowest BCUT2D eigenvalue weighted by Gasteiger charge is -2.36. The van der Waals surface area contributed by atoms with E-state index in [1.807, 2.05) is 18.2 Å². The van der Waals surface area contributed by atoms with Crippen molar-refractivity contribution < 1.29 is 4.79 Å². The number of thiophene rings is 1. The predicted molar refractivity (Wildman–Crippen MR) is 103 cm³/mol. The monoisotopic (exact) mass is 374 g/mol. The van der Waals surface area contributed by atoms with Crippen molar-refractivity contribution in [1.29, 1.82) is 5.26 Å². The third-order valence-corrected chi connectivity index (χ3v) is 5.35. The molecule has 5 nitrogen and oxygen atoms in total. The quantitative estimate of drug-likeness (QED) is 0.891. The van der Waals surface area contributed by atoms with Crippen LogP contribution < -0.4 is 10.2 Å². The first kappa shape index (κ1) is 17.7. The first-order valence-electron chi connectivity index (χ1n) is 8.07. The average Bonchev–Trinajstić information content (AvgIpc) is 3.05. The number of hydrogen-bond donors (Lipinski definition) is 1. The number of anilines is 2. The van der Waals surface area contributed by atoms with Gasteiger partial charge in [0.15, 0.2) is 0 Å². The van der Waals surface area contributed by atoms with Crippen molar-refractivity contribution in [2.75, 3.05) is 42.9 Å². The normalized spacial score (nSPS) is 15.0. The predicted octanol–water partition coefficient (Wildman–Crippen LogP) is 3.34. The van der Waals surface area contributed by atoms with E-state index < -0.39 is 0 Å². The van der Waals surface area contributed by atoms with E-state index in [1.165, 1.54) is 16.9 Å². The van der Waals surface area contributed by atoms with Crippen molar-refractivity contribution in [3.8, 4) is 6.07 Å². The van der Waals surface area contributed by atoms with Crippen LogP contribution in [0.3, 0.4) is 0 Å². The van der Waals surface area contributed by atoms with E-state index in [-0.39, 0.29) is 5.91 Å². The Morgan fingerprint density at radius 3 is 2.80 bits per heavy atom. The molecular weight excluding hydrogens is 356 g/mol. The number of piperazine rings is 1. The van der Waals surface area contributed by atoms with E-state index in [4.69, 9.17) is 16.9 Å². The first-order chi connectivity index (χ1) is 12.1. The summed E-state index contributed by atoms with van der Waals surface area (Å²) in [7, 11) is 0. The van der Waals surface area contributed by atoms with E-state index in [1.54, 1.807) is 11.4 Å². The Balaban J connectivity index is 1.53. The molecule has 3 rings (SSSR count). The zero-order chi connectivity index (χ0) is 17.8. The van der Waals surface area contributed by atoms with Gasteiger partial charge in [-0.05, 0) is 36.1 Å². The van der Waals surface area contributed by atoms with E-state index in [9.17, 15) is 4.79 Å². The zero-order valence-electron chi connectivity index (χ0n) is 14.0. The Hall–Kier alpha value is -2.07. The van der Waals surface area contributed by atoms with Crippen molar-refractivity contribution in [2.45, 2.75) is 6.92 Å². The molecule has 0 spiro atoms. The second kappa shape index (κ2) is 7.87. The summed E-state index contributed by atoms with van der Waals surface area (Å²) in [5.74, 6) is -0.0775. The minimum Gasteiger partial charge on any atom is -0.369 e. The molecule has 1 aliphatic heterocycles. The molecule has 1 saturated heterocycles. The first-order valence-corrected chi connectivity index (χ1v) is 9.33. The second-order valence-electron chi connectivity index (χ2n) is 6.02. The molecular formula is C18H19ClN4OS. The molecule has 1 amide bonds. The van der Waals surface area contributed by atoms with Crippen LogP contribution in [-0.4, -0.2) is 43.5 Å². The maximum absolute atomic E-state index is 12.2. The molecule has 1 N–H and O–H groups in total. The SMILES string of the molecule is Cc1ccc(Cl)cc1N1CCN(CC(=O)Nc2sccc2C#N)CC1. The Morgan fingerprint density at radius 2 is 2.08 bits per heavy atom. The van der Waals surface area contributed by atoms with Crippen molar-refractivity contribution in [2.24, 2.45) is 0 Å². The van der Waals surface area contributed by atoms with Gasteiger partial charge in [-0.1, -0.05) is 17.7 Å². The number of nitriles is 1. The topological polar surface area (TPSA) is 59.4 Å². The Labute approximate surface area is 156 Å². The molecule has 0 radical (unpaired) electrons. The molecule has 0 aliphatic carbocycles. The van der Waals surface area contributed by atoms with Gasteiger partial charge in [-0.25, -0.2) is 0 Å². The summed E-state index contributed by atoms with van der Waals surface area (Å²) in [6.07, 6.45) is 0. The van der Waals surface area contributed by atoms with E-state index >= 15 is 0 Å².